The Bertz CT molecular complexity index is 387. The fraction of sp³-hybridized carbons (Fsp3) is 0.714. The van der Waals surface area contributed by atoms with Crippen LogP contribution in [0.25, 0.3) is 0 Å². The van der Waals surface area contributed by atoms with Gasteiger partial charge < -0.3 is 10.7 Å². The van der Waals surface area contributed by atoms with Crippen LogP contribution >= 0.6 is 0 Å². The smallest absolute Gasteiger partial charge is 0.148 e. The summed E-state index contributed by atoms with van der Waals surface area (Å²) in [6.45, 7) is 3.14. The second-order valence-corrected chi connectivity index (χ2v) is 5.31. The van der Waals surface area contributed by atoms with Crippen molar-refractivity contribution in [2.75, 3.05) is 17.3 Å². The summed E-state index contributed by atoms with van der Waals surface area (Å²) in [4.78, 5) is 8.53. The molecule has 5 nitrogen and oxygen atoms in total. The van der Waals surface area contributed by atoms with Crippen molar-refractivity contribution in [1.82, 2.24) is 9.97 Å². The van der Waals surface area contributed by atoms with Crippen LogP contribution in [0.2, 0.25) is 0 Å². The third-order valence-corrected chi connectivity index (χ3v) is 3.90. The highest BCUT2D eigenvalue weighted by Gasteiger charge is 2.15. The number of hydrazine groups is 1. The molecule has 0 aromatic carbocycles. The second-order valence-electron chi connectivity index (χ2n) is 5.31. The maximum absolute atomic E-state index is 5.51. The van der Waals surface area contributed by atoms with E-state index >= 15 is 0 Å². The molecule has 106 valence electrons. The molecule has 1 aliphatic carbocycles. The van der Waals surface area contributed by atoms with Crippen molar-refractivity contribution in [3.8, 4) is 0 Å². The Labute approximate surface area is 115 Å². The molecule has 2 rings (SSSR count). The van der Waals surface area contributed by atoms with E-state index in [-0.39, 0.29) is 0 Å². The molecule has 1 aromatic heterocycles. The highest BCUT2D eigenvalue weighted by atomic mass is 15.3. The minimum absolute atomic E-state index is 0.736. The molecule has 0 radical (unpaired) electrons. The Hall–Kier alpha value is -1.36. The number of rotatable bonds is 7. The number of nitrogen functional groups attached to an aromatic ring is 1. The van der Waals surface area contributed by atoms with Crippen LogP contribution in [0, 0.1) is 5.92 Å². The lowest BCUT2D eigenvalue weighted by molar-refractivity contribution is 0.518. The summed E-state index contributed by atoms with van der Waals surface area (Å²) in [5.74, 6) is 8.08. The molecule has 4 N–H and O–H groups in total. The van der Waals surface area contributed by atoms with Gasteiger partial charge in [0.2, 0.25) is 0 Å². The van der Waals surface area contributed by atoms with Crippen LogP contribution in [0.4, 0.5) is 11.6 Å². The molecular formula is C14H25N5. The van der Waals surface area contributed by atoms with Crippen LogP contribution in [0.3, 0.4) is 0 Å². The normalized spacial score (nSPS) is 15.7. The maximum Gasteiger partial charge on any atom is 0.148 e. The minimum Gasteiger partial charge on any atom is -0.370 e. The molecule has 1 aromatic rings. The quantitative estimate of drug-likeness (QED) is 0.521. The molecule has 0 amide bonds. The first-order valence-corrected chi connectivity index (χ1v) is 7.39. The summed E-state index contributed by atoms with van der Waals surface area (Å²) in [6, 6.07) is 0. The van der Waals surface area contributed by atoms with Crippen molar-refractivity contribution < 1.29 is 0 Å². The molecule has 5 heteroatoms. The van der Waals surface area contributed by atoms with Gasteiger partial charge in [-0.25, -0.2) is 15.8 Å². The van der Waals surface area contributed by atoms with E-state index in [1.54, 1.807) is 6.33 Å². The van der Waals surface area contributed by atoms with Gasteiger partial charge in [0.15, 0.2) is 0 Å². The summed E-state index contributed by atoms with van der Waals surface area (Å²) in [7, 11) is 0. The third kappa shape index (κ3) is 3.80. The van der Waals surface area contributed by atoms with Crippen LogP contribution in [0.5, 0.6) is 0 Å². The SMILES string of the molecule is CCCc1c(NN)ncnc1NCCC1CCCC1. The predicted molar refractivity (Wildman–Crippen MR) is 78.9 cm³/mol. The van der Waals surface area contributed by atoms with Crippen LogP contribution in [0.15, 0.2) is 6.33 Å². The summed E-state index contributed by atoms with van der Waals surface area (Å²) < 4.78 is 0. The van der Waals surface area contributed by atoms with E-state index in [0.29, 0.717) is 0 Å². The number of nitrogens with zero attached hydrogens (tertiary/aromatic N) is 2. The molecule has 0 bridgehead atoms. The lowest BCUT2D eigenvalue weighted by atomic mass is 10.0. The molecule has 1 aliphatic rings. The van der Waals surface area contributed by atoms with E-state index in [1.165, 1.54) is 32.1 Å². The first-order chi connectivity index (χ1) is 9.35. The van der Waals surface area contributed by atoms with E-state index in [4.69, 9.17) is 5.84 Å². The highest BCUT2D eigenvalue weighted by molar-refractivity contribution is 5.56. The Morgan fingerprint density at radius 1 is 1.26 bits per heavy atom. The zero-order chi connectivity index (χ0) is 13.5. The van der Waals surface area contributed by atoms with Gasteiger partial charge in [0.25, 0.3) is 0 Å². The predicted octanol–water partition coefficient (Wildman–Crippen LogP) is 2.71. The lowest BCUT2D eigenvalue weighted by Crippen LogP contribution is -2.15. The molecule has 19 heavy (non-hydrogen) atoms. The van der Waals surface area contributed by atoms with Crippen LogP contribution in [-0.4, -0.2) is 16.5 Å². The Morgan fingerprint density at radius 2 is 2.00 bits per heavy atom. The molecule has 0 atom stereocenters. The summed E-state index contributed by atoms with van der Waals surface area (Å²) in [5, 5.41) is 3.45. The van der Waals surface area contributed by atoms with Gasteiger partial charge in [-0.15, -0.1) is 0 Å². The summed E-state index contributed by atoms with van der Waals surface area (Å²) in [5.41, 5.74) is 3.76. The molecule has 1 heterocycles. The fourth-order valence-corrected chi connectivity index (χ4v) is 2.87. The van der Waals surface area contributed by atoms with Gasteiger partial charge in [-0.3, -0.25) is 0 Å². The van der Waals surface area contributed by atoms with Crippen molar-refractivity contribution >= 4 is 11.6 Å². The largest absolute Gasteiger partial charge is 0.370 e. The number of hydrogen-bond donors (Lipinski definition) is 3. The standard InChI is InChI=1S/C14H25N5/c1-2-5-12-13(17-10-18-14(12)19-15)16-9-8-11-6-3-4-7-11/h10-11H,2-9,15H2,1H3,(H2,16,17,18,19). The van der Waals surface area contributed by atoms with E-state index in [2.05, 4.69) is 27.6 Å². The molecule has 0 spiro atoms. The lowest BCUT2D eigenvalue weighted by Gasteiger charge is -2.15. The first kappa shape index (κ1) is 14.1. The number of hydrogen-bond acceptors (Lipinski definition) is 5. The molecular weight excluding hydrogens is 238 g/mol. The summed E-state index contributed by atoms with van der Waals surface area (Å²) >= 11 is 0. The molecule has 0 unspecified atom stereocenters. The topological polar surface area (TPSA) is 75.9 Å². The average molecular weight is 263 g/mol. The van der Waals surface area contributed by atoms with E-state index < -0.39 is 0 Å². The van der Waals surface area contributed by atoms with Crippen molar-refractivity contribution in [3.63, 3.8) is 0 Å². The Kier molecular flexibility index (Phi) is 5.39. The number of aromatic nitrogens is 2. The zero-order valence-electron chi connectivity index (χ0n) is 11.8. The van der Waals surface area contributed by atoms with Crippen molar-refractivity contribution in [1.29, 1.82) is 0 Å². The third-order valence-electron chi connectivity index (χ3n) is 3.90. The number of anilines is 2. The first-order valence-electron chi connectivity index (χ1n) is 7.39. The van der Waals surface area contributed by atoms with Crippen LogP contribution in [0.1, 0.15) is 51.0 Å². The zero-order valence-corrected chi connectivity index (χ0v) is 11.8. The molecule has 0 aliphatic heterocycles. The second kappa shape index (κ2) is 7.28. The van der Waals surface area contributed by atoms with Gasteiger partial charge in [-0.2, -0.15) is 0 Å². The Balaban J connectivity index is 1.94. The van der Waals surface area contributed by atoms with Gasteiger partial charge >= 0.3 is 0 Å². The number of nitrogens with two attached hydrogens (primary N) is 1. The van der Waals surface area contributed by atoms with Gasteiger partial charge in [-0.05, 0) is 18.8 Å². The molecule has 1 fully saturated rings. The Morgan fingerprint density at radius 3 is 2.68 bits per heavy atom. The fourth-order valence-electron chi connectivity index (χ4n) is 2.87. The van der Waals surface area contributed by atoms with E-state index in [1.807, 2.05) is 0 Å². The molecule has 0 saturated heterocycles. The van der Waals surface area contributed by atoms with Crippen molar-refractivity contribution in [3.05, 3.63) is 11.9 Å². The van der Waals surface area contributed by atoms with Gasteiger partial charge in [0, 0.05) is 12.1 Å². The maximum atomic E-state index is 5.51. The van der Waals surface area contributed by atoms with Crippen LogP contribution in [-0.2, 0) is 6.42 Å². The molecule has 1 saturated carbocycles. The summed E-state index contributed by atoms with van der Waals surface area (Å²) in [6.07, 6.45) is 10.4. The number of nitrogens with one attached hydrogen (secondary N) is 2. The van der Waals surface area contributed by atoms with E-state index in [0.717, 1.165) is 42.5 Å². The monoisotopic (exact) mass is 263 g/mol. The van der Waals surface area contributed by atoms with Gasteiger partial charge in [-0.1, -0.05) is 39.0 Å². The van der Waals surface area contributed by atoms with Gasteiger partial charge in [0.1, 0.15) is 18.0 Å². The van der Waals surface area contributed by atoms with Crippen molar-refractivity contribution in [2.45, 2.75) is 51.9 Å². The minimum atomic E-state index is 0.736. The van der Waals surface area contributed by atoms with Gasteiger partial charge in [0.05, 0.1) is 0 Å². The average Bonchev–Trinajstić information content (AvgIpc) is 2.94. The highest BCUT2D eigenvalue weighted by Crippen LogP contribution is 2.28. The van der Waals surface area contributed by atoms with Crippen LogP contribution < -0.4 is 16.6 Å². The van der Waals surface area contributed by atoms with Crippen molar-refractivity contribution in [2.24, 2.45) is 11.8 Å². The van der Waals surface area contributed by atoms with E-state index in [9.17, 15) is 0 Å².